The van der Waals surface area contributed by atoms with Gasteiger partial charge in [0.2, 0.25) is 5.95 Å². The van der Waals surface area contributed by atoms with E-state index in [9.17, 15) is 19.0 Å². The van der Waals surface area contributed by atoms with Gasteiger partial charge < -0.3 is 24.6 Å². The van der Waals surface area contributed by atoms with Gasteiger partial charge in [0.05, 0.1) is 19.5 Å². The van der Waals surface area contributed by atoms with Crippen molar-refractivity contribution in [2.24, 2.45) is 4.99 Å². The summed E-state index contributed by atoms with van der Waals surface area (Å²) in [4.78, 5) is 49.6. The van der Waals surface area contributed by atoms with Crippen molar-refractivity contribution in [3.8, 4) is 0 Å². The Balaban J connectivity index is 1.20. The van der Waals surface area contributed by atoms with Crippen LogP contribution in [0.1, 0.15) is 29.4 Å². The van der Waals surface area contributed by atoms with Crippen LogP contribution in [-0.4, -0.2) is 101 Å². The summed E-state index contributed by atoms with van der Waals surface area (Å²) in [6, 6.07) is 0. The van der Waals surface area contributed by atoms with Crippen molar-refractivity contribution < 1.29 is 50.6 Å². The molecule has 45 heavy (non-hydrogen) atoms. The smallest absolute Gasteiger partial charge is 0.369 e. The van der Waals surface area contributed by atoms with Gasteiger partial charge in [0.25, 0.3) is 5.56 Å². The molecule has 3 fully saturated rings. The number of Topliss-reactive ketones (excluding diaryl/α,β-unsaturated/α-hetero) is 1. The van der Waals surface area contributed by atoms with Crippen LogP contribution in [0.25, 0.3) is 11.2 Å². The minimum Gasteiger partial charge on any atom is -0.369 e. The summed E-state index contributed by atoms with van der Waals surface area (Å²) in [5, 5.41) is 7.55. The molecule has 4 N–H and O–H groups in total. The number of nitrogens with zero attached hydrogens (tertiary/aromatic N) is 7. The fourth-order valence-electron chi connectivity index (χ4n) is 5.22. The second kappa shape index (κ2) is 11.3. The summed E-state index contributed by atoms with van der Waals surface area (Å²) in [7, 11) is 0. The van der Waals surface area contributed by atoms with Gasteiger partial charge >= 0.3 is 13.5 Å². The zero-order valence-electron chi connectivity index (χ0n) is 22.2. The fraction of sp³-hybridized carbons (Fsp3) is 0.550. The third kappa shape index (κ3) is 5.58. The van der Waals surface area contributed by atoms with Crippen LogP contribution in [0.2, 0.25) is 0 Å². The molecule has 0 saturated carbocycles. The molecule has 19 nitrogen and oxygen atoms in total. The second-order valence-corrected chi connectivity index (χ2v) is 15.8. The van der Waals surface area contributed by atoms with Crippen LogP contribution in [-0.2, 0) is 43.9 Å². The number of fused-ring (bicyclic) bond motifs is 5. The number of hydrogen-bond donors (Lipinski definition) is 4. The number of H-pyrrole nitrogens is 1. The summed E-state index contributed by atoms with van der Waals surface area (Å²) in [6.45, 7) is -10.4. The molecule has 0 aliphatic carbocycles. The Kier molecular flexibility index (Phi) is 7.80. The number of aliphatic imine (C=N–C) groups is 1. The SMILES string of the molecule is Nc1nc2c(ncn2[C@@H]2O[C@@H]3COP(O)(=S)O[C@H]4[C@H](F)[C@H](n5nnc6c5N=CCC6=O)O[C@@H]4COP(=O)(S)O[C@@H]2[C@H]3F)c(=O)[nH]1. The van der Waals surface area contributed by atoms with Gasteiger partial charge in [-0.3, -0.25) is 32.7 Å². The number of aromatic nitrogens is 7. The van der Waals surface area contributed by atoms with Crippen LogP contribution in [0.4, 0.5) is 20.5 Å². The molecular formula is C20H21F2N9O10P2S2. The van der Waals surface area contributed by atoms with Gasteiger partial charge in [-0.2, -0.15) is 9.67 Å². The number of ketones is 1. The summed E-state index contributed by atoms with van der Waals surface area (Å²) < 4.78 is 80.5. The van der Waals surface area contributed by atoms with Gasteiger partial charge in [-0.05, 0) is 11.8 Å². The molecule has 0 spiro atoms. The lowest BCUT2D eigenvalue weighted by molar-refractivity contribution is -0.0600. The molecule has 3 saturated heterocycles. The lowest BCUT2D eigenvalue weighted by Crippen LogP contribution is -2.34. The molecular weight excluding hydrogens is 690 g/mol. The van der Waals surface area contributed by atoms with E-state index in [0.717, 1.165) is 15.6 Å². The Bertz CT molecular complexity index is 1880. The maximum Gasteiger partial charge on any atom is 0.386 e. The normalized spacial score (nSPS) is 38.8. The highest BCUT2D eigenvalue weighted by Gasteiger charge is 2.54. The van der Waals surface area contributed by atoms with Gasteiger partial charge in [0.15, 0.2) is 53.3 Å². The highest BCUT2D eigenvalue weighted by Crippen LogP contribution is 2.59. The zero-order valence-corrected chi connectivity index (χ0v) is 25.7. The lowest BCUT2D eigenvalue weighted by atomic mass is 10.1. The third-order valence-corrected chi connectivity index (χ3v) is 10.4. The highest BCUT2D eigenvalue weighted by molar-refractivity contribution is 8.44. The molecule has 25 heteroatoms. The van der Waals surface area contributed by atoms with Crippen LogP contribution >= 0.6 is 25.8 Å². The Labute approximate surface area is 259 Å². The standard InChI is InChI=1S/C20H21F2N9O10P2S2/c21-9-7-3-36-42(34,44)40-13-8(39-18(10(13)22)31-15-11(28-29-31)6(32)1-2-24-15)4-37-43(35,45)41-14(9)19(38-7)30-5-25-12-16(30)26-20(23)27-17(12)33/h2,5,7-10,13-14,18-19H,1,3-4H2,(H,34,44)(H,35,45)(H3,23,26,27,33)/t7-,8-,9+,10+,13-,14-,18-,19-,42?,43?/m1/s1. The molecule has 7 heterocycles. The largest absolute Gasteiger partial charge is 0.386 e. The highest BCUT2D eigenvalue weighted by atomic mass is 32.7. The van der Waals surface area contributed by atoms with Crippen LogP contribution < -0.4 is 11.3 Å². The van der Waals surface area contributed by atoms with Gasteiger partial charge in [-0.15, -0.1) is 5.10 Å². The summed E-state index contributed by atoms with van der Waals surface area (Å²) >= 11 is 9.06. The van der Waals surface area contributed by atoms with Gasteiger partial charge in [-0.1, -0.05) is 17.5 Å². The number of ether oxygens (including phenoxy) is 2. The number of alkyl halides is 2. The molecule has 3 aromatic heterocycles. The van der Waals surface area contributed by atoms with E-state index in [1.807, 2.05) is 0 Å². The van der Waals surface area contributed by atoms with E-state index in [4.69, 9.17) is 45.1 Å². The number of rotatable bonds is 2. The molecule has 4 aliphatic rings. The second-order valence-electron chi connectivity index (χ2n) is 10.1. The number of carbonyl (C=O) groups excluding carboxylic acids is 1. The monoisotopic (exact) mass is 711 g/mol. The zero-order chi connectivity index (χ0) is 31.8. The number of nitrogens with two attached hydrogens (primary N) is 1. The van der Waals surface area contributed by atoms with E-state index >= 15 is 8.78 Å². The lowest BCUT2D eigenvalue weighted by Gasteiger charge is -2.26. The first-order valence-electron chi connectivity index (χ1n) is 13.0. The first-order valence-corrected chi connectivity index (χ1v) is 18.2. The molecule has 10 atom stereocenters. The molecule has 0 aromatic carbocycles. The quantitative estimate of drug-likeness (QED) is 0.212. The van der Waals surface area contributed by atoms with Crippen LogP contribution in [0, 0.1) is 0 Å². The third-order valence-electron chi connectivity index (χ3n) is 7.24. The topological polar surface area (TPSA) is 242 Å². The average molecular weight is 712 g/mol. The van der Waals surface area contributed by atoms with E-state index in [-0.39, 0.29) is 35.0 Å². The maximum atomic E-state index is 15.9. The van der Waals surface area contributed by atoms with E-state index in [0.29, 0.717) is 0 Å². The van der Waals surface area contributed by atoms with Gasteiger partial charge in [0.1, 0.15) is 24.4 Å². The summed E-state index contributed by atoms with van der Waals surface area (Å²) in [6.07, 6.45) is -11.4. The Hall–Kier alpha value is -2.56. The first kappa shape index (κ1) is 31.1. The number of halogens is 2. The van der Waals surface area contributed by atoms with Crippen molar-refractivity contribution in [1.29, 1.82) is 0 Å². The van der Waals surface area contributed by atoms with Gasteiger partial charge in [0, 0.05) is 12.6 Å². The average Bonchev–Trinajstić information content (AvgIpc) is 3.72. The van der Waals surface area contributed by atoms with Gasteiger partial charge in [-0.25, -0.2) is 23.3 Å². The molecule has 0 radical (unpaired) electrons. The van der Waals surface area contributed by atoms with Crippen molar-refractivity contribution in [2.45, 2.75) is 55.6 Å². The number of anilines is 1. The molecule has 7 rings (SSSR count). The number of thiol groups is 1. The van der Waals surface area contributed by atoms with Crippen molar-refractivity contribution >= 4 is 72.5 Å². The fourth-order valence-corrected chi connectivity index (χ4v) is 8.11. The minimum absolute atomic E-state index is 0.0211. The Morgan fingerprint density at radius 1 is 1.11 bits per heavy atom. The number of nitrogens with one attached hydrogen (secondary N) is 1. The van der Waals surface area contributed by atoms with E-state index in [2.05, 4.69) is 42.5 Å². The number of aromatic amines is 1. The first-order chi connectivity index (χ1) is 21.3. The maximum absolute atomic E-state index is 15.9. The number of nitrogen functional groups attached to an aromatic ring is 1. The number of carbonyl (C=O) groups is 1. The van der Waals surface area contributed by atoms with Crippen molar-refractivity contribution in [1.82, 2.24) is 34.5 Å². The molecule has 2 unspecified atom stereocenters. The molecule has 242 valence electrons. The summed E-state index contributed by atoms with van der Waals surface area (Å²) in [5.74, 6) is -0.744. The Morgan fingerprint density at radius 2 is 1.87 bits per heavy atom. The Morgan fingerprint density at radius 3 is 2.67 bits per heavy atom. The van der Waals surface area contributed by atoms with Crippen molar-refractivity contribution in [3.63, 3.8) is 0 Å². The van der Waals surface area contributed by atoms with E-state index < -0.39 is 87.3 Å². The van der Waals surface area contributed by atoms with Crippen molar-refractivity contribution in [2.75, 3.05) is 18.9 Å². The summed E-state index contributed by atoms with van der Waals surface area (Å²) in [5.41, 5.74) is 4.60. The number of hydrogen-bond acceptors (Lipinski definition) is 16. The predicted molar refractivity (Wildman–Crippen MR) is 152 cm³/mol. The molecule has 3 aromatic rings. The predicted octanol–water partition coefficient (Wildman–Crippen LogP) is 0.825. The molecule has 2 bridgehead atoms. The van der Waals surface area contributed by atoms with Crippen LogP contribution in [0.5, 0.6) is 0 Å². The van der Waals surface area contributed by atoms with E-state index in [1.54, 1.807) is 0 Å². The molecule has 0 amide bonds. The molecule has 4 aliphatic heterocycles. The number of imidazole rings is 1. The minimum atomic E-state index is -4.52. The van der Waals surface area contributed by atoms with Crippen molar-refractivity contribution in [3.05, 3.63) is 22.4 Å². The van der Waals surface area contributed by atoms with E-state index in [1.165, 1.54) is 6.21 Å². The van der Waals surface area contributed by atoms with Crippen LogP contribution in [0.3, 0.4) is 0 Å². The van der Waals surface area contributed by atoms with Crippen LogP contribution in [0.15, 0.2) is 16.1 Å².